The van der Waals surface area contributed by atoms with Gasteiger partial charge in [-0.2, -0.15) is 0 Å². The van der Waals surface area contributed by atoms with E-state index in [1.165, 1.54) is 0 Å². The van der Waals surface area contributed by atoms with E-state index < -0.39 is 24.3 Å². The zero-order chi connectivity index (χ0) is 20.0. The van der Waals surface area contributed by atoms with Gasteiger partial charge in [-0.1, -0.05) is 33.6 Å². The third-order valence-electron chi connectivity index (χ3n) is 2.93. The van der Waals surface area contributed by atoms with Crippen molar-refractivity contribution in [1.29, 1.82) is 0 Å². The average Bonchev–Trinajstić information content (AvgIpc) is 2.57. The zero-order valence-corrected chi connectivity index (χ0v) is 15.4. The van der Waals surface area contributed by atoms with Crippen LogP contribution >= 0.6 is 0 Å². The van der Waals surface area contributed by atoms with Crippen LogP contribution in [0.2, 0.25) is 0 Å². The molecule has 1 radical (unpaired) electrons. The average molecular weight is 377 g/mol. The SMILES string of the molecule is CCCCCOC(=O)OC(O[C]=O)(OC(=O)OCCC(C)C)C(=O)OC. The van der Waals surface area contributed by atoms with Crippen LogP contribution in [0.3, 0.4) is 0 Å². The molecule has 0 aromatic carbocycles. The molecule has 10 nitrogen and oxygen atoms in total. The van der Waals surface area contributed by atoms with Gasteiger partial charge in [0.05, 0.1) is 20.3 Å². The van der Waals surface area contributed by atoms with Gasteiger partial charge in [0.1, 0.15) is 0 Å². The Bertz CT molecular complexity index is 462. The molecule has 0 aromatic rings. The van der Waals surface area contributed by atoms with E-state index in [1.54, 1.807) is 0 Å². The summed E-state index contributed by atoms with van der Waals surface area (Å²) in [6.45, 7) is 6.58. The number of unbranched alkanes of at least 4 members (excludes halogenated alkanes) is 2. The van der Waals surface area contributed by atoms with Crippen molar-refractivity contribution in [3.05, 3.63) is 0 Å². The van der Waals surface area contributed by atoms with Crippen molar-refractivity contribution in [3.8, 4) is 0 Å². The summed E-state index contributed by atoms with van der Waals surface area (Å²) in [6, 6.07) is 0. The Morgan fingerprint density at radius 2 is 1.58 bits per heavy atom. The van der Waals surface area contributed by atoms with Crippen LogP contribution in [0.15, 0.2) is 0 Å². The van der Waals surface area contributed by atoms with Crippen molar-refractivity contribution >= 4 is 24.8 Å². The molecule has 0 rings (SSSR count). The molecule has 10 heteroatoms. The fraction of sp³-hybridized carbons (Fsp3) is 0.750. The van der Waals surface area contributed by atoms with Crippen LogP contribution in [0.1, 0.15) is 46.5 Å². The molecule has 0 saturated heterocycles. The molecular weight excluding hydrogens is 352 g/mol. The van der Waals surface area contributed by atoms with Crippen molar-refractivity contribution < 1.29 is 47.6 Å². The Morgan fingerprint density at radius 3 is 2.04 bits per heavy atom. The van der Waals surface area contributed by atoms with Crippen molar-refractivity contribution in [1.82, 2.24) is 0 Å². The second-order valence-corrected chi connectivity index (χ2v) is 5.52. The minimum Gasteiger partial charge on any atom is -0.460 e. The van der Waals surface area contributed by atoms with Crippen molar-refractivity contribution in [2.75, 3.05) is 20.3 Å². The topological polar surface area (TPSA) is 124 Å². The summed E-state index contributed by atoms with van der Waals surface area (Å²) in [5.74, 6) is -4.40. The summed E-state index contributed by atoms with van der Waals surface area (Å²) in [4.78, 5) is 45.9. The van der Waals surface area contributed by atoms with Gasteiger partial charge in [-0.25, -0.2) is 19.2 Å². The minimum atomic E-state index is -3.15. The van der Waals surface area contributed by atoms with Crippen LogP contribution in [0.5, 0.6) is 0 Å². The Hall–Kier alpha value is -2.52. The number of ether oxygens (including phenoxy) is 6. The van der Waals surface area contributed by atoms with Crippen molar-refractivity contribution in [2.45, 2.75) is 52.4 Å². The maximum absolute atomic E-state index is 11.9. The van der Waals surface area contributed by atoms with Crippen LogP contribution in [0.25, 0.3) is 0 Å². The van der Waals surface area contributed by atoms with E-state index in [9.17, 15) is 19.2 Å². The zero-order valence-electron chi connectivity index (χ0n) is 15.4. The van der Waals surface area contributed by atoms with E-state index in [0.29, 0.717) is 12.8 Å². The van der Waals surface area contributed by atoms with Crippen LogP contribution in [0.4, 0.5) is 9.59 Å². The smallest absolute Gasteiger partial charge is 0.460 e. The highest BCUT2D eigenvalue weighted by atomic mass is 17.0. The van der Waals surface area contributed by atoms with Crippen LogP contribution in [0, 0.1) is 5.92 Å². The normalized spacial score (nSPS) is 12.5. The van der Waals surface area contributed by atoms with E-state index in [-0.39, 0.29) is 19.1 Å². The van der Waals surface area contributed by atoms with Crippen LogP contribution in [-0.2, 0) is 38.0 Å². The van der Waals surface area contributed by atoms with E-state index in [0.717, 1.165) is 26.4 Å². The second kappa shape index (κ2) is 12.8. The predicted octanol–water partition coefficient (Wildman–Crippen LogP) is 2.44. The lowest BCUT2D eigenvalue weighted by Crippen LogP contribution is -2.50. The molecule has 0 aromatic heterocycles. The first-order valence-electron chi connectivity index (χ1n) is 8.16. The minimum absolute atomic E-state index is 0.00638. The molecule has 0 bridgehead atoms. The van der Waals surface area contributed by atoms with Gasteiger partial charge in [-0.3, -0.25) is 0 Å². The van der Waals surface area contributed by atoms with E-state index in [4.69, 9.17) is 9.47 Å². The van der Waals surface area contributed by atoms with Crippen LogP contribution < -0.4 is 0 Å². The maximum Gasteiger partial charge on any atom is 0.534 e. The number of rotatable bonds is 12. The third-order valence-corrected chi connectivity index (χ3v) is 2.93. The highest BCUT2D eigenvalue weighted by Gasteiger charge is 2.54. The predicted molar refractivity (Wildman–Crippen MR) is 85.4 cm³/mol. The molecule has 1 atom stereocenters. The molecule has 0 N–H and O–H groups in total. The largest absolute Gasteiger partial charge is 0.534 e. The van der Waals surface area contributed by atoms with Gasteiger partial charge in [0.2, 0.25) is 0 Å². The molecular formula is C16H25O10. The van der Waals surface area contributed by atoms with Gasteiger partial charge in [-0.05, 0) is 18.8 Å². The molecule has 1 unspecified atom stereocenters. The lowest BCUT2D eigenvalue weighted by Gasteiger charge is -2.25. The van der Waals surface area contributed by atoms with Gasteiger partial charge in [0.15, 0.2) is 0 Å². The molecule has 0 saturated carbocycles. The lowest BCUT2D eigenvalue weighted by molar-refractivity contribution is -0.298. The molecule has 0 heterocycles. The molecule has 0 aliphatic rings. The van der Waals surface area contributed by atoms with E-state index >= 15 is 0 Å². The fourth-order valence-electron chi connectivity index (χ4n) is 1.53. The van der Waals surface area contributed by atoms with E-state index in [1.807, 2.05) is 20.8 Å². The summed E-state index contributed by atoms with van der Waals surface area (Å²) in [6.07, 6.45) is -0.0651. The Balaban J connectivity index is 4.98. The fourth-order valence-corrected chi connectivity index (χ4v) is 1.53. The van der Waals surface area contributed by atoms with Crippen molar-refractivity contribution in [2.24, 2.45) is 5.92 Å². The highest BCUT2D eigenvalue weighted by Crippen LogP contribution is 2.19. The lowest BCUT2D eigenvalue weighted by atomic mass is 10.1. The molecule has 0 amide bonds. The van der Waals surface area contributed by atoms with Crippen LogP contribution in [-0.4, -0.2) is 51.0 Å². The summed E-state index contributed by atoms with van der Waals surface area (Å²) in [5, 5.41) is 0. The Kier molecular flexibility index (Phi) is 11.5. The first-order valence-corrected chi connectivity index (χ1v) is 8.16. The molecule has 0 fully saturated rings. The number of hydrogen-bond acceptors (Lipinski definition) is 10. The van der Waals surface area contributed by atoms with E-state index in [2.05, 4.69) is 18.9 Å². The number of carbonyl (C=O) groups is 3. The van der Waals surface area contributed by atoms with Gasteiger partial charge in [-0.15, -0.1) is 0 Å². The molecule has 0 aliphatic carbocycles. The second-order valence-electron chi connectivity index (χ2n) is 5.52. The number of hydrogen-bond donors (Lipinski definition) is 0. The molecule has 26 heavy (non-hydrogen) atoms. The Morgan fingerprint density at radius 1 is 1.00 bits per heavy atom. The first kappa shape index (κ1) is 23.5. The molecule has 0 spiro atoms. The summed E-state index contributed by atoms with van der Waals surface area (Å²) in [5.41, 5.74) is 0. The number of methoxy groups -OCH3 is 1. The third kappa shape index (κ3) is 9.09. The monoisotopic (exact) mass is 377 g/mol. The number of esters is 1. The standard InChI is InChI=1S/C16H25O10/c1-5-6-7-9-22-14(19)25-16(24-11-17,13(18)21-4)26-15(20)23-10-8-12(2)3/h12H,5-10H2,1-4H3. The van der Waals surface area contributed by atoms with Gasteiger partial charge >= 0.3 is 30.7 Å². The first-order chi connectivity index (χ1) is 12.3. The summed E-state index contributed by atoms with van der Waals surface area (Å²) < 4.78 is 27.2. The van der Waals surface area contributed by atoms with Gasteiger partial charge in [0.25, 0.3) is 0 Å². The highest BCUT2D eigenvalue weighted by molar-refractivity contribution is 5.82. The van der Waals surface area contributed by atoms with Gasteiger partial charge in [0, 0.05) is 0 Å². The summed E-state index contributed by atoms with van der Waals surface area (Å²) in [7, 11) is 0.897. The number of carbonyl (C=O) groups excluding carboxylic acids is 4. The molecule has 149 valence electrons. The van der Waals surface area contributed by atoms with Crippen molar-refractivity contribution in [3.63, 3.8) is 0 Å². The maximum atomic E-state index is 11.9. The summed E-state index contributed by atoms with van der Waals surface area (Å²) >= 11 is 0. The molecule has 0 aliphatic heterocycles. The van der Waals surface area contributed by atoms with Gasteiger partial charge < -0.3 is 28.4 Å². The Labute approximate surface area is 152 Å². The quantitative estimate of drug-likeness (QED) is 0.217.